The second-order valence-corrected chi connectivity index (χ2v) is 9.90. The van der Waals surface area contributed by atoms with Gasteiger partial charge in [0.05, 0.1) is 11.5 Å². The van der Waals surface area contributed by atoms with Crippen molar-refractivity contribution in [3.63, 3.8) is 0 Å². The smallest absolute Gasteiger partial charge is 0.187 e. The number of carbonyl (C=O) groups is 1. The third-order valence-corrected chi connectivity index (χ3v) is 7.14. The van der Waals surface area contributed by atoms with Crippen LogP contribution in [0.4, 0.5) is 0 Å². The van der Waals surface area contributed by atoms with Gasteiger partial charge in [0.1, 0.15) is 0 Å². The van der Waals surface area contributed by atoms with Gasteiger partial charge in [-0.2, -0.15) is 0 Å². The molecule has 31 heavy (non-hydrogen) atoms. The maximum absolute atomic E-state index is 13.3. The highest BCUT2D eigenvalue weighted by Gasteiger charge is 2.30. The highest BCUT2D eigenvalue weighted by Crippen LogP contribution is 2.28. The Bertz CT molecular complexity index is 1390. The first-order valence-corrected chi connectivity index (χ1v) is 11.9. The topological polar surface area (TPSA) is 51.2 Å². The molecule has 4 heteroatoms. The molecule has 3 nitrogen and oxygen atoms in total. The molecule has 0 amide bonds. The van der Waals surface area contributed by atoms with Crippen LogP contribution < -0.4 is 0 Å². The molecule has 4 aromatic rings. The number of Topliss-reactive ketones (excluding diaryl/α,β-unsaturated/α-hetero) is 1. The van der Waals surface area contributed by atoms with E-state index < -0.39 is 9.84 Å². The van der Waals surface area contributed by atoms with Crippen molar-refractivity contribution in [1.82, 2.24) is 0 Å². The standard InChI is InChI=1S/C27H20O3S/c28-27-23(15-21-11-5-9-19-7-1-3-13-25(19)21)17-31(29,30)18-24(27)16-22-12-6-10-20-8-2-4-14-26(20)22/h1-16H,17-18H2/b23-15-,24-16-. The number of sulfone groups is 1. The summed E-state index contributed by atoms with van der Waals surface area (Å²) in [4.78, 5) is 13.3. The van der Waals surface area contributed by atoms with Crippen molar-refractivity contribution in [1.29, 1.82) is 0 Å². The van der Waals surface area contributed by atoms with Crippen molar-refractivity contribution in [3.05, 3.63) is 107 Å². The fourth-order valence-corrected chi connectivity index (χ4v) is 5.68. The van der Waals surface area contributed by atoms with Crippen LogP contribution >= 0.6 is 0 Å². The molecule has 0 atom stereocenters. The summed E-state index contributed by atoms with van der Waals surface area (Å²) < 4.78 is 25.4. The Labute approximate surface area is 181 Å². The van der Waals surface area contributed by atoms with E-state index in [1.165, 1.54) is 0 Å². The Balaban J connectivity index is 1.63. The summed E-state index contributed by atoms with van der Waals surface area (Å²) >= 11 is 0. The number of ketones is 1. The zero-order chi connectivity index (χ0) is 21.4. The molecule has 152 valence electrons. The molecule has 4 aromatic carbocycles. The molecule has 0 spiro atoms. The van der Waals surface area contributed by atoms with Crippen LogP contribution in [0.15, 0.2) is 96.1 Å². The van der Waals surface area contributed by atoms with Crippen molar-refractivity contribution in [2.45, 2.75) is 0 Å². The predicted octanol–water partition coefficient (Wildman–Crippen LogP) is 5.46. The average molecular weight is 425 g/mol. The minimum Gasteiger partial charge on any atom is -0.289 e. The third kappa shape index (κ3) is 3.82. The normalized spacial score (nSPS) is 18.8. The summed E-state index contributed by atoms with van der Waals surface area (Å²) in [5.41, 5.74) is 2.33. The van der Waals surface area contributed by atoms with Crippen LogP contribution in [0.2, 0.25) is 0 Å². The molecular formula is C27H20O3S. The molecule has 5 rings (SSSR count). The fraction of sp³-hybridized carbons (Fsp3) is 0.0741. The summed E-state index contributed by atoms with van der Waals surface area (Å²) in [6, 6.07) is 27.4. The van der Waals surface area contributed by atoms with Gasteiger partial charge in [-0.05, 0) is 44.8 Å². The highest BCUT2D eigenvalue weighted by molar-refractivity contribution is 7.92. The summed E-state index contributed by atoms with van der Waals surface area (Å²) in [6.45, 7) is 0. The van der Waals surface area contributed by atoms with E-state index in [1.807, 2.05) is 84.9 Å². The quantitative estimate of drug-likeness (QED) is 0.402. The van der Waals surface area contributed by atoms with Gasteiger partial charge in [-0.3, -0.25) is 4.79 Å². The summed E-state index contributed by atoms with van der Waals surface area (Å²) in [7, 11) is -3.42. The predicted molar refractivity (Wildman–Crippen MR) is 128 cm³/mol. The molecule has 0 aliphatic carbocycles. The lowest BCUT2D eigenvalue weighted by atomic mass is 9.97. The van der Waals surface area contributed by atoms with Crippen LogP contribution in [0.25, 0.3) is 33.7 Å². The molecule has 0 N–H and O–H groups in total. The van der Waals surface area contributed by atoms with Crippen molar-refractivity contribution >= 4 is 49.3 Å². The zero-order valence-corrected chi connectivity index (χ0v) is 17.6. The third-order valence-electron chi connectivity index (χ3n) is 5.64. The van der Waals surface area contributed by atoms with Crippen LogP contribution in [-0.2, 0) is 14.6 Å². The number of carbonyl (C=O) groups excluding carboxylic acids is 1. The highest BCUT2D eigenvalue weighted by atomic mass is 32.2. The summed E-state index contributed by atoms with van der Waals surface area (Å²) in [5.74, 6) is -0.667. The molecule has 0 unspecified atom stereocenters. The second-order valence-electron chi connectivity index (χ2n) is 7.84. The minimum atomic E-state index is -3.42. The van der Waals surface area contributed by atoms with Gasteiger partial charge in [-0.25, -0.2) is 8.42 Å². The minimum absolute atomic E-state index is 0.198. The molecule has 1 aliphatic rings. The van der Waals surface area contributed by atoms with Gasteiger partial charge >= 0.3 is 0 Å². The molecule has 0 radical (unpaired) electrons. The first-order valence-electron chi connectivity index (χ1n) is 10.1. The van der Waals surface area contributed by atoms with E-state index in [4.69, 9.17) is 0 Å². The molecule has 1 fully saturated rings. The lowest BCUT2D eigenvalue weighted by Crippen LogP contribution is -2.28. The van der Waals surface area contributed by atoms with Crippen LogP contribution in [-0.4, -0.2) is 25.7 Å². The lowest BCUT2D eigenvalue weighted by molar-refractivity contribution is -0.112. The molecule has 1 heterocycles. The Morgan fingerprint density at radius 3 is 1.48 bits per heavy atom. The van der Waals surface area contributed by atoms with E-state index in [9.17, 15) is 13.2 Å². The molecule has 1 aliphatic heterocycles. The van der Waals surface area contributed by atoms with Crippen LogP contribution in [0.5, 0.6) is 0 Å². The largest absolute Gasteiger partial charge is 0.289 e. The Hall–Kier alpha value is -3.50. The van der Waals surface area contributed by atoms with Crippen molar-refractivity contribution in [2.24, 2.45) is 0 Å². The SMILES string of the molecule is O=C1/C(=C\c2cccc3ccccc23)CS(=O)(=O)C/C1=C/c1cccc2ccccc12. The van der Waals surface area contributed by atoms with Crippen molar-refractivity contribution in [2.75, 3.05) is 11.5 Å². The van der Waals surface area contributed by atoms with Gasteiger partial charge in [0, 0.05) is 11.1 Å². The van der Waals surface area contributed by atoms with E-state index in [2.05, 4.69) is 0 Å². The van der Waals surface area contributed by atoms with E-state index in [1.54, 1.807) is 12.2 Å². The number of hydrogen-bond donors (Lipinski definition) is 0. The monoisotopic (exact) mass is 424 g/mol. The number of rotatable bonds is 2. The van der Waals surface area contributed by atoms with Gasteiger partial charge < -0.3 is 0 Å². The van der Waals surface area contributed by atoms with Gasteiger partial charge in [0.15, 0.2) is 15.6 Å². The summed E-state index contributed by atoms with van der Waals surface area (Å²) in [5, 5.41) is 4.09. The van der Waals surface area contributed by atoms with E-state index in [0.29, 0.717) is 11.1 Å². The first kappa shape index (κ1) is 19.5. The maximum atomic E-state index is 13.3. The average Bonchev–Trinajstić information content (AvgIpc) is 2.77. The van der Waals surface area contributed by atoms with Crippen molar-refractivity contribution < 1.29 is 13.2 Å². The van der Waals surface area contributed by atoms with Gasteiger partial charge in [-0.15, -0.1) is 0 Å². The number of fused-ring (bicyclic) bond motifs is 2. The Morgan fingerprint density at radius 1 is 0.581 bits per heavy atom. The summed E-state index contributed by atoms with van der Waals surface area (Å²) in [6.07, 6.45) is 3.47. The first-order chi connectivity index (χ1) is 15.0. The number of hydrogen-bond acceptors (Lipinski definition) is 3. The molecular weight excluding hydrogens is 404 g/mol. The van der Waals surface area contributed by atoms with Gasteiger partial charge in [0.25, 0.3) is 0 Å². The maximum Gasteiger partial charge on any atom is 0.187 e. The van der Waals surface area contributed by atoms with Gasteiger partial charge in [-0.1, -0.05) is 84.9 Å². The number of benzene rings is 4. The molecule has 0 saturated carbocycles. The molecule has 0 aromatic heterocycles. The Morgan fingerprint density at radius 2 is 1.00 bits per heavy atom. The van der Waals surface area contributed by atoms with E-state index in [-0.39, 0.29) is 17.3 Å². The van der Waals surface area contributed by atoms with Crippen LogP contribution in [0.3, 0.4) is 0 Å². The Kier molecular flexibility index (Phi) is 4.79. The molecule has 0 bridgehead atoms. The molecule has 1 saturated heterocycles. The van der Waals surface area contributed by atoms with E-state index >= 15 is 0 Å². The van der Waals surface area contributed by atoms with E-state index in [0.717, 1.165) is 32.7 Å². The van der Waals surface area contributed by atoms with Crippen LogP contribution in [0.1, 0.15) is 11.1 Å². The lowest BCUT2D eigenvalue weighted by Gasteiger charge is -2.18. The van der Waals surface area contributed by atoms with Crippen molar-refractivity contribution in [3.8, 4) is 0 Å². The zero-order valence-electron chi connectivity index (χ0n) is 16.8. The van der Waals surface area contributed by atoms with Crippen LogP contribution in [0, 0.1) is 0 Å². The fourth-order valence-electron chi connectivity index (χ4n) is 4.20. The van der Waals surface area contributed by atoms with Gasteiger partial charge in [0.2, 0.25) is 0 Å². The second kappa shape index (κ2) is 7.64.